The van der Waals surface area contributed by atoms with Crippen molar-refractivity contribution in [1.29, 1.82) is 0 Å². The minimum atomic E-state index is -0.167. The molecule has 0 radical (unpaired) electrons. The van der Waals surface area contributed by atoms with Crippen LogP contribution in [0.1, 0.15) is 55.7 Å². The highest BCUT2D eigenvalue weighted by Gasteiger charge is 2.35. The molecule has 1 saturated heterocycles. The van der Waals surface area contributed by atoms with E-state index in [9.17, 15) is 0 Å². The van der Waals surface area contributed by atoms with Crippen molar-refractivity contribution < 1.29 is 9.47 Å². The predicted molar refractivity (Wildman–Crippen MR) is 87.1 cm³/mol. The first kappa shape index (κ1) is 16.9. The van der Waals surface area contributed by atoms with Crippen LogP contribution in [-0.4, -0.2) is 37.5 Å². The maximum Gasteiger partial charge on any atom is 0.106 e. The monoisotopic (exact) mass is 312 g/mol. The van der Waals surface area contributed by atoms with Crippen LogP contribution < -0.4 is 5.32 Å². The lowest BCUT2D eigenvalue weighted by molar-refractivity contribution is -0.0171. The first-order valence-electron chi connectivity index (χ1n) is 7.61. The van der Waals surface area contributed by atoms with Gasteiger partial charge in [-0.05, 0) is 13.8 Å². The zero-order valence-corrected chi connectivity index (χ0v) is 14.9. The molecule has 1 fully saturated rings. The zero-order chi connectivity index (χ0) is 15.7. The van der Waals surface area contributed by atoms with Gasteiger partial charge in [0.05, 0.1) is 17.3 Å². The summed E-state index contributed by atoms with van der Waals surface area (Å²) in [5.41, 5.74) is 1.08. The summed E-state index contributed by atoms with van der Waals surface area (Å²) in [5, 5.41) is 4.81. The fraction of sp³-hybridized carbons (Fsp3) is 0.812. The molecule has 1 N–H and O–H groups in total. The Morgan fingerprint density at radius 2 is 2.19 bits per heavy atom. The van der Waals surface area contributed by atoms with E-state index >= 15 is 0 Å². The molecular formula is C16H28N2O2S. The van der Waals surface area contributed by atoms with Gasteiger partial charge in [0.25, 0.3) is 0 Å². The van der Waals surface area contributed by atoms with Gasteiger partial charge in [-0.25, -0.2) is 4.98 Å². The molecule has 1 aromatic heterocycles. The molecule has 120 valence electrons. The molecule has 1 aromatic rings. The van der Waals surface area contributed by atoms with Crippen LogP contribution in [0.25, 0.3) is 0 Å². The van der Waals surface area contributed by atoms with Crippen LogP contribution in [0.3, 0.4) is 0 Å². The second-order valence-electron chi connectivity index (χ2n) is 7.01. The molecular weight excluding hydrogens is 284 g/mol. The Labute approximate surface area is 132 Å². The van der Waals surface area contributed by atoms with Crippen LogP contribution in [0.2, 0.25) is 0 Å². The molecule has 1 aliphatic heterocycles. The molecule has 0 aliphatic carbocycles. The quantitative estimate of drug-likeness (QED) is 0.907. The number of aromatic nitrogens is 1. The third-order valence-electron chi connectivity index (χ3n) is 4.10. The third kappa shape index (κ3) is 3.83. The Morgan fingerprint density at radius 1 is 1.48 bits per heavy atom. The first-order chi connectivity index (χ1) is 9.77. The molecule has 0 spiro atoms. The van der Waals surface area contributed by atoms with Gasteiger partial charge >= 0.3 is 0 Å². The van der Waals surface area contributed by atoms with Gasteiger partial charge in [-0.2, -0.15) is 0 Å². The van der Waals surface area contributed by atoms with Crippen molar-refractivity contribution in [2.24, 2.45) is 0 Å². The highest BCUT2D eigenvalue weighted by Crippen LogP contribution is 2.33. The zero-order valence-electron chi connectivity index (χ0n) is 14.1. The maximum atomic E-state index is 5.68. The van der Waals surface area contributed by atoms with Gasteiger partial charge < -0.3 is 14.8 Å². The third-order valence-corrected chi connectivity index (χ3v) is 5.86. The van der Waals surface area contributed by atoms with Crippen LogP contribution >= 0.6 is 11.3 Å². The summed E-state index contributed by atoms with van der Waals surface area (Å²) >= 11 is 1.82. The average Bonchev–Trinajstić information content (AvgIpc) is 3.02. The molecule has 0 saturated carbocycles. The van der Waals surface area contributed by atoms with E-state index in [4.69, 9.17) is 14.5 Å². The highest BCUT2D eigenvalue weighted by atomic mass is 32.1. The standard InChI is InChI=1S/C16H28N2O2S/c1-11(17-9-16(19-6)7-8-20-10-16)13-12(2)18-14(21-13)15(3,4)5/h11,17H,7-10H2,1-6H3. The lowest BCUT2D eigenvalue weighted by Crippen LogP contribution is -2.43. The number of thiazole rings is 1. The molecule has 4 nitrogen and oxygen atoms in total. The lowest BCUT2D eigenvalue weighted by Gasteiger charge is -2.27. The van der Waals surface area contributed by atoms with Crippen molar-refractivity contribution >= 4 is 11.3 Å². The number of nitrogens with one attached hydrogen (secondary N) is 1. The molecule has 5 heteroatoms. The van der Waals surface area contributed by atoms with Gasteiger partial charge in [0, 0.05) is 43.0 Å². The SMILES string of the molecule is COC1(CNC(C)c2sc(C(C)(C)C)nc2C)CCOC1. The number of hydrogen-bond acceptors (Lipinski definition) is 5. The molecule has 2 unspecified atom stereocenters. The van der Waals surface area contributed by atoms with Crippen LogP contribution in [0, 0.1) is 6.92 Å². The summed E-state index contributed by atoms with van der Waals surface area (Å²) in [7, 11) is 1.77. The van der Waals surface area contributed by atoms with E-state index in [1.54, 1.807) is 7.11 Å². The molecule has 2 atom stereocenters. The molecule has 0 bridgehead atoms. The second kappa shape index (κ2) is 6.32. The fourth-order valence-corrected chi connectivity index (χ4v) is 3.67. The number of methoxy groups -OCH3 is 1. The van der Waals surface area contributed by atoms with Gasteiger partial charge in [0.2, 0.25) is 0 Å². The summed E-state index contributed by atoms with van der Waals surface area (Å²) in [5.74, 6) is 0. The number of ether oxygens (including phenoxy) is 2. The molecule has 2 heterocycles. The lowest BCUT2D eigenvalue weighted by atomic mass is 9.98. The van der Waals surface area contributed by atoms with E-state index in [1.165, 1.54) is 9.88 Å². The molecule has 0 amide bonds. The number of aryl methyl sites for hydroxylation is 1. The fourth-order valence-electron chi connectivity index (χ4n) is 2.52. The molecule has 1 aliphatic rings. The van der Waals surface area contributed by atoms with Crippen molar-refractivity contribution in [3.05, 3.63) is 15.6 Å². The van der Waals surface area contributed by atoms with Crippen LogP contribution in [0.4, 0.5) is 0 Å². The number of rotatable bonds is 5. The highest BCUT2D eigenvalue weighted by molar-refractivity contribution is 7.12. The minimum absolute atomic E-state index is 0.112. The average molecular weight is 312 g/mol. The van der Waals surface area contributed by atoms with Crippen LogP contribution in [0.15, 0.2) is 0 Å². The van der Waals surface area contributed by atoms with Crippen molar-refractivity contribution in [3.63, 3.8) is 0 Å². The summed E-state index contributed by atoms with van der Waals surface area (Å²) in [6, 6.07) is 0.284. The van der Waals surface area contributed by atoms with E-state index in [1.807, 2.05) is 11.3 Å². The first-order valence-corrected chi connectivity index (χ1v) is 8.43. The van der Waals surface area contributed by atoms with Gasteiger partial charge in [-0.15, -0.1) is 11.3 Å². The smallest absolute Gasteiger partial charge is 0.106 e. The van der Waals surface area contributed by atoms with E-state index < -0.39 is 0 Å². The van der Waals surface area contributed by atoms with Crippen molar-refractivity contribution in [1.82, 2.24) is 10.3 Å². The Hall–Kier alpha value is -0.490. The van der Waals surface area contributed by atoms with Gasteiger partial charge in [0.1, 0.15) is 5.60 Å². The van der Waals surface area contributed by atoms with E-state index in [0.29, 0.717) is 6.61 Å². The van der Waals surface area contributed by atoms with Crippen LogP contribution in [0.5, 0.6) is 0 Å². The van der Waals surface area contributed by atoms with E-state index in [-0.39, 0.29) is 17.1 Å². The van der Waals surface area contributed by atoms with E-state index in [0.717, 1.165) is 25.3 Å². The normalized spacial score (nSPS) is 24.5. The molecule has 0 aromatic carbocycles. The summed E-state index contributed by atoms with van der Waals surface area (Å²) in [4.78, 5) is 6.07. The summed E-state index contributed by atoms with van der Waals surface area (Å²) in [6.45, 7) is 13.2. The molecule has 2 rings (SSSR count). The Kier molecular flexibility index (Phi) is 5.08. The Bertz CT molecular complexity index is 473. The Balaban J connectivity index is 2.03. The van der Waals surface area contributed by atoms with E-state index in [2.05, 4.69) is 39.9 Å². The van der Waals surface area contributed by atoms with Crippen molar-refractivity contribution in [2.45, 2.75) is 58.1 Å². The van der Waals surface area contributed by atoms with Crippen molar-refractivity contribution in [3.8, 4) is 0 Å². The predicted octanol–water partition coefficient (Wildman–Crippen LogP) is 3.21. The van der Waals surface area contributed by atoms with Crippen molar-refractivity contribution in [2.75, 3.05) is 26.9 Å². The summed E-state index contributed by atoms with van der Waals surface area (Å²) in [6.07, 6.45) is 0.956. The largest absolute Gasteiger partial charge is 0.378 e. The number of hydrogen-bond donors (Lipinski definition) is 1. The molecule has 21 heavy (non-hydrogen) atoms. The maximum absolute atomic E-state index is 5.68. The van der Waals surface area contributed by atoms with Gasteiger partial charge in [-0.1, -0.05) is 20.8 Å². The summed E-state index contributed by atoms with van der Waals surface area (Å²) < 4.78 is 11.2. The number of nitrogens with zero attached hydrogens (tertiary/aromatic N) is 1. The van der Waals surface area contributed by atoms with Gasteiger partial charge in [-0.3, -0.25) is 0 Å². The van der Waals surface area contributed by atoms with Crippen LogP contribution in [-0.2, 0) is 14.9 Å². The Morgan fingerprint density at radius 3 is 2.67 bits per heavy atom. The van der Waals surface area contributed by atoms with Gasteiger partial charge in [0.15, 0.2) is 0 Å². The second-order valence-corrected chi connectivity index (χ2v) is 8.04. The topological polar surface area (TPSA) is 43.4 Å². The minimum Gasteiger partial charge on any atom is -0.378 e.